The van der Waals surface area contributed by atoms with Gasteiger partial charge < -0.3 is 24.1 Å². The molecule has 0 aromatic heterocycles. The van der Waals surface area contributed by atoms with Crippen LogP contribution in [0.3, 0.4) is 0 Å². The van der Waals surface area contributed by atoms with Crippen molar-refractivity contribution >= 4 is 17.8 Å². The number of carbonyl (C=O) groups is 3. The largest absolute Gasteiger partial charge is 0.480 e. The van der Waals surface area contributed by atoms with E-state index in [-0.39, 0.29) is 0 Å². The molecule has 1 unspecified atom stereocenters. The van der Waals surface area contributed by atoms with Crippen LogP contribution in [0.5, 0.6) is 0 Å². The summed E-state index contributed by atoms with van der Waals surface area (Å²) in [4.78, 5) is 36.4. The molecule has 2 bridgehead atoms. The summed E-state index contributed by atoms with van der Waals surface area (Å²) in [6, 6.07) is 0. The smallest absolute Gasteiger partial charge is 0.323 e. The number of ether oxygens (including phenoxy) is 4. The topological polar surface area (TPSA) is 112 Å². The number of carboxylic acid groups (broad SMARTS) is 1. The van der Waals surface area contributed by atoms with Crippen molar-refractivity contribution < 1.29 is 38.4 Å². The molecule has 4 saturated heterocycles. The Bertz CT molecular complexity index is 540. The molecular weight excluding hydrogens is 298 g/mol. The standard InChI is InChI=1S/C13H15NO8/c1-13(19-2)21-9-7-5-6(8(20-7)10(9)22-13)12(18)14(11(5)17)3-4(15)16/h5-10H,3H2,1-2H3,(H,15,16)/t5-,6+,7-,8-,9-,10-,13?/m1/s1. The summed E-state index contributed by atoms with van der Waals surface area (Å²) in [5.74, 6) is -4.89. The van der Waals surface area contributed by atoms with E-state index in [2.05, 4.69) is 0 Å². The number of hydrogen-bond acceptors (Lipinski definition) is 7. The van der Waals surface area contributed by atoms with E-state index < -0.39 is 66.6 Å². The first-order valence-electron chi connectivity index (χ1n) is 6.99. The van der Waals surface area contributed by atoms with Crippen molar-refractivity contribution in [1.82, 2.24) is 4.90 Å². The van der Waals surface area contributed by atoms with Gasteiger partial charge >= 0.3 is 5.97 Å². The SMILES string of the molecule is COC1(C)O[C@H]2[C@H](O1)[C@@H]1O[C@@H]2[C@H]2C(=O)N(CC(=O)O)C(=O)[C@@H]12. The van der Waals surface area contributed by atoms with Crippen LogP contribution in [0.15, 0.2) is 0 Å². The molecule has 4 aliphatic rings. The number of imide groups is 1. The third-order valence-corrected chi connectivity index (χ3v) is 4.85. The number of carbonyl (C=O) groups excluding carboxylic acids is 2. The average Bonchev–Trinajstić information content (AvgIpc) is 3.14. The number of carboxylic acids is 1. The van der Waals surface area contributed by atoms with Crippen molar-refractivity contribution in [3.8, 4) is 0 Å². The van der Waals surface area contributed by atoms with E-state index in [9.17, 15) is 14.4 Å². The average molecular weight is 313 g/mol. The molecule has 1 N–H and O–H groups in total. The lowest BCUT2D eigenvalue weighted by Gasteiger charge is -2.24. The summed E-state index contributed by atoms with van der Waals surface area (Å²) < 4.78 is 22.3. The van der Waals surface area contributed by atoms with Gasteiger partial charge in [0.25, 0.3) is 5.97 Å². The fourth-order valence-corrected chi connectivity index (χ4v) is 3.93. The van der Waals surface area contributed by atoms with Crippen molar-refractivity contribution in [2.75, 3.05) is 13.7 Å². The van der Waals surface area contributed by atoms with Crippen LogP contribution in [0.25, 0.3) is 0 Å². The molecule has 4 fully saturated rings. The van der Waals surface area contributed by atoms with E-state index in [1.54, 1.807) is 6.92 Å². The zero-order valence-corrected chi connectivity index (χ0v) is 11.9. The number of amides is 2. The van der Waals surface area contributed by atoms with Crippen molar-refractivity contribution in [2.45, 2.75) is 37.3 Å². The van der Waals surface area contributed by atoms with Crippen LogP contribution in [0.2, 0.25) is 0 Å². The van der Waals surface area contributed by atoms with Crippen LogP contribution in [0, 0.1) is 11.8 Å². The molecule has 120 valence electrons. The van der Waals surface area contributed by atoms with Gasteiger partial charge in [-0.1, -0.05) is 0 Å². The van der Waals surface area contributed by atoms with E-state index in [1.807, 2.05) is 0 Å². The quantitative estimate of drug-likeness (QED) is 0.630. The summed E-state index contributed by atoms with van der Waals surface area (Å²) in [6.07, 6.45) is -2.24. The Hall–Kier alpha value is -1.55. The van der Waals surface area contributed by atoms with Crippen molar-refractivity contribution in [1.29, 1.82) is 0 Å². The Labute approximate surface area is 125 Å². The molecule has 7 atom stereocenters. The zero-order chi connectivity index (χ0) is 15.8. The highest BCUT2D eigenvalue weighted by Gasteiger charge is 2.73. The molecule has 0 aromatic rings. The number of methoxy groups -OCH3 is 1. The Morgan fingerprint density at radius 1 is 1.18 bits per heavy atom. The van der Waals surface area contributed by atoms with Crippen LogP contribution < -0.4 is 0 Å². The van der Waals surface area contributed by atoms with Gasteiger partial charge in [0.1, 0.15) is 18.8 Å². The lowest BCUT2D eigenvalue weighted by atomic mass is 9.78. The summed E-state index contributed by atoms with van der Waals surface area (Å²) >= 11 is 0. The fraction of sp³-hybridized carbons (Fsp3) is 0.769. The maximum Gasteiger partial charge on any atom is 0.323 e. The van der Waals surface area contributed by atoms with Crippen molar-refractivity contribution in [3.05, 3.63) is 0 Å². The van der Waals surface area contributed by atoms with Gasteiger partial charge in [0.2, 0.25) is 11.8 Å². The van der Waals surface area contributed by atoms with Gasteiger partial charge in [-0.2, -0.15) is 0 Å². The number of aliphatic carboxylic acids is 1. The first kappa shape index (κ1) is 14.1. The minimum absolute atomic E-state index is 0.502. The van der Waals surface area contributed by atoms with Crippen LogP contribution in [0.4, 0.5) is 0 Å². The number of fused-ring (bicyclic) bond motifs is 8. The first-order valence-corrected chi connectivity index (χ1v) is 6.99. The Morgan fingerprint density at radius 2 is 1.68 bits per heavy atom. The summed E-state index contributed by atoms with van der Waals surface area (Å²) in [6.45, 7) is 0.984. The number of likely N-dealkylation sites (tertiary alicyclic amines) is 1. The van der Waals surface area contributed by atoms with Gasteiger partial charge in [-0.25, -0.2) is 0 Å². The second-order valence-electron chi connectivity index (χ2n) is 6.00. The lowest BCUT2D eigenvalue weighted by Crippen LogP contribution is -2.46. The van der Waals surface area contributed by atoms with Crippen LogP contribution in [-0.2, 0) is 33.3 Å². The highest BCUT2D eigenvalue weighted by molar-refractivity contribution is 6.08. The Morgan fingerprint density at radius 3 is 2.09 bits per heavy atom. The fourth-order valence-electron chi connectivity index (χ4n) is 3.93. The zero-order valence-electron chi connectivity index (χ0n) is 11.9. The molecule has 4 aliphatic heterocycles. The number of rotatable bonds is 3. The van der Waals surface area contributed by atoms with Gasteiger partial charge in [0.05, 0.1) is 24.0 Å². The minimum Gasteiger partial charge on any atom is -0.480 e. The third kappa shape index (κ3) is 1.59. The van der Waals surface area contributed by atoms with E-state index in [4.69, 9.17) is 24.1 Å². The Balaban J connectivity index is 1.63. The van der Waals surface area contributed by atoms with Gasteiger partial charge in [-0.05, 0) is 0 Å². The highest BCUT2D eigenvalue weighted by atomic mass is 16.9. The van der Waals surface area contributed by atoms with Gasteiger partial charge in [0.15, 0.2) is 0 Å². The van der Waals surface area contributed by atoms with E-state index in [0.717, 1.165) is 4.90 Å². The van der Waals surface area contributed by atoms with Crippen LogP contribution in [-0.4, -0.2) is 71.8 Å². The predicted molar refractivity (Wildman–Crippen MR) is 65.2 cm³/mol. The molecule has 4 rings (SSSR count). The van der Waals surface area contributed by atoms with E-state index >= 15 is 0 Å². The summed E-state index contributed by atoms with van der Waals surface area (Å²) in [5, 5.41) is 8.84. The molecule has 22 heavy (non-hydrogen) atoms. The molecule has 2 amide bonds. The Kier molecular flexibility index (Phi) is 2.72. The van der Waals surface area contributed by atoms with E-state index in [0.29, 0.717) is 0 Å². The molecule has 0 saturated carbocycles. The van der Waals surface area contributed by atoms with Crippen molar-refractivity contribution in [3.63, 3.8) is 0 Å². The lowest BCUT2D eigenvalue weighted by molar-refractivity contribution is -0.330. The van der Waals surface area contributed by atoms with Crippen LogP contribution in [0.1, 0.15) is 6.92 Å². The normalized spacial score (nSPS) is 48.9. The molecule has 4 heterocycles. The molecule has 0 radical (unpaired) electrons. The van der Waals surface area contributed by atoms with Crippen molar-refractivity contribution in [2.24, 2.45) is 11.8 Å². The third-order valence-electron chi connectivity index (χ3n) is 4.85. The number of nitrogens with zero attached hydrogens (tertiary/aromatic N) is 1. The van der Waals surface area contributed by atoms with Gasteiger partial charge in [-0.3, -0.25) is 19.3 Å². The molecule has 9 nitrogen and oxygen atoms in total. The molecular formula is C13H15NO8. The van der Waals surface area contributed by atoms with Gasteiger partial charge in [-0.15, -0.1) is 0 Å². The molecule has 0 aliphatic carbocycles. The maximum atomic E-state index is 12.4. The summed E-state index contributed by atoms with van der Waals surface area (Å²) in [5.41, 5.74) is 0. The maximum absolute atomic E-state index is 12.4. The molecule has 0 spiro atoms. The molecule has 9 heteroatoms. The van der Waals surface area contributed by atoms with Crippen LogP contribution >= 0.6 is 0 Å². The number of hydrogen-bond donors (Lipinski definition) is 1. The van der Waals surface area contributed by atoms with Gasteiger partial charge in [0, 0.05) is 14.0 Å². The second kappa shape index (κ2) is 4.25. The predicted octanol–water partition coefficient (Wildman–Crippen LogP) is -1.44. The first-order chi connectivity index (χ1) is 10.4. The van der Waals surface area contributed by atoms with E-state index in [1.165, 1.54) is 7.11 Å². The molecule has 0 aromatic carbocycles. The highest BCUT2D eigenvalue weighted by Crippen LogP contribution is 2.54. The summed E-state index contributed by atoms with van der Waals surface area (Å²) in [7, 11) is 1.44. The monoisotopic (exact) mass is 313 g/mol. The second-order valence-corrected chi connectivity index (χ2v) is 6.00. The minimum atomic E-state index is -1.23.